The molecule has 2 amide bonds. The van der Waals surface area contributed by atoms with E-state index in [0.29, 0.717) is 18.8 Å². The molecule has 1 heterocycles. The van der Waals surface area contributed by atoms with Gasteiger partial charge in [0.25, 0.3) is 0 Å². The average Bonchev–Trinajstić information content (AvgIpc) is 2.84. The summed E-state index contributed by atoms with van der Waals surface area (Å²) in [5.74, 6) is 5.25. The molecule has 0 aliphatic heterocycles. The van der Waals surface area contributed by atoms with Gasteiger partial charge < -0.3 is 9.73 Å². The predicted molar refractivity (Wildman–Crippen MR) is 69.9 cm³/mol. The summed E-state index contributed by atoms with van der Waals surface area (Å²) in [5.41, 5.74) is 2.00. The lowest BCUT2D eigenvalue weighted by Crippen LogP contribution is -2.34. The van der Waals surface area contributed by atoms with E-state index in [4.69, 9.17) is 10.3 Å². The van der Waals surface area contributed by atoms with Gasteiger partial charge in [-0.15, -0.1) is 0 Å². The second-order valence-corrected chi connectivity index (χ2v) is 4.45. The second kappa shape index (κ2) is 6.91. The van der Waals surface area contributed by atoms with Crippen LogP contribution < -0.4 is 16.6 Å². The maximum Gasteiger partial charge on any atom is 0.300 e. The first-order chi connectivity index (χ1) is 8.97. The number of hydrogen-bond acceptors (Lipinski definition) is 5. The van der Waals surface area contributed by atoms with Crippen LogP contribution in [0.4, 0.5) is 0 Å². The van der Waals surface area contributed by atoms with E-state index in [1.54, 1.807) is 19.2 Å². The zero-order valence-electron chi connectivity index (χ0n) is 11.4. The van der Waals surface area contributed by atoms with Gasteiger partial charge in [0.05, 0.1) is 6.54 Å². The van der Waals surface area contributed by atoms with Crippen molar-refractivity contribution in [2.45, 2.75) is 13.5 Å². The molecule has 7 nitrogen and oxygen atoms in total. The fourth-order valence-electron chi connectivity index (χ4n) is 1.78. The summed E-state index contributed by atoms with van der Waals surface area (Å²) in [6.07, 6.45) is 0. The third-order valence-electron chi connectivity index (χ3n) is 2.72. The molecule has 0 fully saturated rings. The molecule has 0 bridgehead atoms. The molecule has 0 aromatic carbocycles. The lowest BCUT2D eigenvalue weighted by molar-refractivity contribution is -0.124. The summed E-state index contributed by atoms with van der Waals surface area (Å²) in [6.45, 7) is 2.96. The molecule has 4 N–H and O–H groups in total. The Kier molecular flexibility index (Phi) is 5.53. The third-order valence-corrected chi connectivity index (χ3v) is 2.72. The molecule has 1 unspecified atom stereocenters. The number of nitrogen functional groups attached to an aromatic ring is 1. The molecule has 0 saturated carbocycles. The fraction of sp³-hybridized carbons (Fsp3) is 0.500. The number of hydrazine groups is 1. The van der Waals surface area contributed by atoms with Crippen molar-refractivity contribution in [1.29, 1.82) is 0 Å². The lowest BCUT2D eigenvalue weighted by Gasteiger charge is -2.19. The van der Waals surface area contributed by atoms with Gasteiger partial charge >= 0.3 is 5.91 Å². The minimum Gasteiger partial charge on any atom is -0.455 e. The van der Waals surface area contributed by atoms with Gasteiger partial charge in [0.2, 0.25) is 5.91 Å². The van der Waals surface area contributed by atoms with Crippen molar-refractivity contribution in [3.8, 4) is 0 Å². The molecule has 0 spiro atoms. The van der Waals surface area contributed by atoms with Gasteiger partial charge in [-0.1, -0.05) is 6.92 Å². The van der Waals surface area contributed by atoms with E-state index in [0.717, 1.165) is 0 Å². The molecule has 1 aromatic heterocycles. The number of nitrogens with two attached hydrogens (primary N) is 1. The zero-order valence-corrected chi connectivity index (χ0v) is 11.4. The van der Waals surface area contributed by atoms with Crippen LogP contribution >= 0.6 is 0 Å². The Bertz CT molecular complexity index is 444. The summed E-state index contributed by atoms with van der Waals surface area (Å²) in [7, 11) is 3.49. The second-order valence-electron chi connectivity index (χ2n) is 4.45. The molecule has 1 rings (SSSR count). The van der Waals surface area contributed by atoms with Crippen molar-refractivity contribution in [3.05, 3.63) is 23.7 Å². The quantitative estimate of drug-likeness (QED) is 0.373. The van der Waals surface area contributed by atoms with Crippen LogP contribution in [0.2, 0.25) is 0 Å². The molecule has 106 valence electrons. The minimum absolute atomic E-state index is 0.00510. The molecule has 0 saturated heterocycles. The molecule has 7 heteroatoms. The van der Waals surface area contributed by atoms with E-state index in [1.807, 2.05) is 24.3 Å². The highest BCUT2D eigenvalue weighted by molar-refractivity contribution is 5.90. The van der Waals surface area contributed by atoms with Crippen LogP contribution in [0.5, 0.6) is 0 Å². The SMILES string of the molecule is CNC(=O)C(C)CN(C)Cc1ccc(C(=O)NN)o1. The third kappa shape index (κ3) is 4.38. The number of rotatable bonds is 6. The van der Waals surface area contributed by atoms with E-state index in [2.05, 4.69) is 5.32 Å². The minimum atomic E-state index is -0.465. The molecule has 1 aromatic rings. The molecular formula is C12H20N4O3. The Hall–Kier alpha value is -1.86. The first-order valence-corrected chi connectivity index (χ1v) is 5.97. The van der Waals surface area contributed by atoms with Gasteiger partial charge in [-0.25, -0.2) is 5.84 Å². The van der Waals surface area contributed by atoms with E-state index in [-0.39, 0.29) is 17.6 Å². The van der Waals surface area contributed by atoms with Gasteiger partial charge in [-0.2, -0.15) is 0 Å². The van der Waals surface area contributed by atoms with E-state index >= 15 is 0 Å². The smallest absolute Gasteiger partial charge is 0.300 e. The lowest BCUT2D eigenvalue weighted by atomic mass is 10.1. The van der Waals surface area contributed by atoms with Crippen molar-refractivity contribution >= 4 is 11.8 Å². The van der Waals surface area contributed by atoms with E-state index in [1.165, 1.54) is 0 Å². The number of nitrogens with one attached hydrogen (secondary N) is 2. The number of nitrogens with zero attached hydrogens (tertiary/aromatic N) is 1. The predicted octanol–water partition coefficient (Wildman–Crippen LogP) is -0.303. The van der Waals surface area contributed by atoms with Crippen molar-refractivity contribution in [3.63, 3.8) is 0 Å². The van der Waals surface area contributed by atoms with Crippen LogP contribution in [0, 0.1) is 5.92 Å². The van der Waals surface area contributed by atoms with Gasteiger partial charge in [-0.3, -0.25) is 19.9 Å². The Morgan fingerprint density at radius 1 is 1.47 bits per heavy atom. The van der Waals surface area contributed by atoms with Crippen molar-refractivity contribution in [1.82, 2.24) is 15.6 Å². The number of carbonyl (C=O) groups excluding carboxylic acids is 2. The van der Waals surface area contributed by atoms with Crippen molar-refractivity contribution < 1.29 is 14.0 Å². The normalized spacial score (nSPS) is 12.3. The van der Waals surface area contributed by atoms with Crippen LogP contribution in [-0.2, 0) is 11.3 Å². The number of furan rings is 1. The van der Waals surface area contributed by atoms with Crippen LogP contribution in [0.15, 0.2) is 16.5 Å². The molecule has 19 heavy (non-hydrogen) atoms. The van der Waals surface area contributed by atoms with Crippen LogP contribution in [0.1, 0.15) is 23.2 Å². The maximum absolute atomic E-state index is 11.4. The first-order valence-electron chi connectivity index (χ1n) is 5.97. The molecule has 0 radical (unpaired) electrons. The molecule has 0 aliphatic carbocycles. The Morgan fingerprint density at radius 2 is 2.16 bits per heavy atom. The number of hydrogen-bond donors (Lipinski definition) is 3. The molecular weight excluding hydrogens is 248 g/mol. The highest BCUT2D eigenvalue weighted by Gasteiger charge is 2.15. The summed E-state index contributed by atoms with van der Waals surface area (Å²) in [6, 6.07) is 3.28. The summed E-state index contributed by atoms with van der Waals surface area (Å²) >= 11 is 0. The van der Waals surface area contributed by atoms with Crippen LogP contribution in [0.3, 0.4) is 0 Å². The molecule has 0 aliphatic rings. The molecule has 1 atom stereocenters. The standard InChI is InChI=1S/C12H20N4O3/c1-8(11(17)14-2)6-16(3)7-9-4-5-10(19-9)12(18)15-13/h4-5,8H,6-7,13H2,1-3H3,(H,14,17)(H,15,18). The largest absolute Gasteiger partial charge is 0.455 e. The van der Waals surface area contributed by atoms with Gasteiger partial charge in [0.15, 0.2) is 5.76 Å². The van der Waals surface area contributed by atoms with Gasteiger partial charge in [0.1, 0.15) is 5.76 Å². The van der Waals surface area contributed by atoms with E-state index in [9.17, 15) is 9.59 Å². The van der Waals surface area contributed by atoms with Crippen molar-refractivity contribution in [2.75, 3.05) is 20.6 Å². The highest BCUT2D eigenvalue weighted by Crippen LogP contribution is 2.11. The highest BCUT2D eigenvalue weighted by atomic mass is 16.4. The van der Waals surface area contributed by atoms with Gasteiger partial charge in [0, 0.05) is 19.5 Å². The fourth-order valence-corrected chi connectivity index (χ4v) is 1.78. The average molecular weight is 268 g/mol. The van der Waals surface area contributed by atoms with Crippen LogP contribution in [-0.4, -0.2) is 37.4 Å². The summed E-state index contributed by atoms with van der Waals surface area (Å²) in [5, 5.41) is 2.60. The number of carbonyl (C=O) groups is 2. The Balaban J connectivity index is 2.52. The monoisotopic (exact) mass is 268 g/mol. The van der Waals surface area contributed by atoms with Gasteiger partial charge in [-0.05, 0) is 19.2 Å². The Morgan fingerprint density at radius 3 is 2.74 bits per heavy atom. The van der Waals surface area contributed by atoms with Crippen molar-refractivity contribution in [2.24, 2.45) is 11.8 Å². The number of amides is 2. The maximum atomic E-state index is 11.4. The topological polar surface area (TPSA) is 101 Å². The van der Waals surface area contributed by atoms with E-state index < -0.39 is 5.91 Å². The zero-order chi connectivity index (χ0) is 14.4. The summed E-state index contributed by atoms with van der Waals surface area (Å²) < 4.78 is 5.34. The Labute approximate surface area is 112 Å². The first kappa shape index (κ1) is 15.2. The summed E-state index contributed by atoms with van der Waals surface area (Å²) in [4.78, 5) is 24.6. The van der Waals surface area contributed by atoms with Crippen LogP contribution in [0.25, 0.3) is 0 Å².